The molecular formula is C16H12ClN3O4S. The van der Waals surface area contributed by atoms with Crippen molar-refractivity contribution in [2.45, 2.75) is 6.42 Å². The predicted octanol–water partition coefficient (Wildman–Crippen LogP) is 4.27. The van der Waals surface area contributed by atoms with Gasteiger partial charge in [0.2, 0.25) is 5.91 Å². The quantitative estimate of drug-likeness (QED) is 0.511. The van der Waals surface area contributed by atoms with Gasteiger partial charge in [0.15, 0.2) is 5.13 Å². The second-order valence-electron chi connectivity index (χ2n) is 5.03. The van der Waals surface area contributed by atoms with Crippen LogP contribution in [0.25, 0.3) is 10.2 Å². The van der Waals surface area contributed by atoms with E-state index in [4.69, 9.17) is 16.3 Å². The number of halogens is 1. The van der Waals surface area contributed by atoms with Crippen molar-refractivity contribution < 1.29 is 14.5 Å². The number of hydrogen-bond acceptors (Lipinski definition) is 6. The number of non-ortho nitro benzene ring substituents is 1. The number of aromatic nitrogens is 1. The Morgan fingerprint density at radius 1 is 1.28 bits per heavy atom. The summed E-state index contributed by atoms with van der Waals surface area (Å²) in [5.74, 6) is 0.236. The summed E-state index contributed by atoms with van der Waals surface area (Å²) in [5.41, 5.74) is 0.757. The Morgan fingerprint density at radius 2 is 2.04 bits per heavy atom. The van der Waals surface area contributed by atoms with Crippen LogP contribution in [-0.4, -0.2) is 22.4 Å². The molecule has 25 heavy (non-hydrogen) atoms. The number of nitrogens with zero attached hydrogens (tertiary/aromatic N) is 2. The fraction of sp³-hybridized carbons (Fsp3) is 0.125. The summed E-state index contributed by atoms with van der Waals surface area (Å²) in [6.45, 7) is 0.153. The van der Waals surface area contributed by atoms with Crippen molar-refractivity contribution in [3.8, 4) is 5.75 Å². The van der Waals surface area contributed by atoms with Gasteiger partial charge in [-0.3, -0.25) is 14.9 Å². The maximum absolute atomic E-state index is 12.0. The maximum atomic E-state index is 12.0. The zero-order valence-corrected chi connectivity index (χ0v) is 14.3. The second-order valence-corrected chi connectivity index (χ2v) is 6.50. The van der Waals surface area contributed by atoms with E-state index in [2.05, 4.69) is 10.3 Å². The van der Waals surface area contributed by atoms with Crippen molar-refractivity contribution in [2.24, 2.45) is 0 Å². The van der Waals surface area contributed by atoms with Gasteiger partial charge in [-0.05, 0) is 30.3 Å². The molecule has 128 valence electrons. The van der Waals surface area contributed by atoms with Crippen LogP contribution in [0.4, 0.5) is 10.8 Å². The number of anilines is 1. The van der Waals surface area contributed by atoms with Crippen molar-refractivity contribution in [3.63, 3.8) is 0 Å². The molecule has 0 aliphatic heterocycles. The molecule has 0 fully saturated rings. The van der Waals surface area contributed by atoms with Crippen LogP contribution in [0.15, 0.2) is 42.5 Å². The lowest BCUT2D eigenvalue weighted by Gasteiger charge is -2.05. The molecule has 1 amide bonds. The number of nitro benzene ring substituents is 1. The summed E-state index contributed by atoms with van der Waals surface area (Å²) in [6.07, 6.45) is 0.133. The van der Waals surface area contributed by atoms with Crippen LogP contribution in [0.2, 0.25) is 5.02 Å². The molecule has 7 nitrogen and oxygen atoms in total. The summed E-state index contributed by atoms with van der Waals surface area (Å²) >= 11 is 7.27. The fourth-order valence-electron chi connectivity index (χ4n) is 2.06. The zero-order valence-electron chi connectivity index (χ0n) is 12.8. The Kier molecular flexibility index (Phi) is 5.11. The van der Waals surface area contributed by atoms with Gasteiger partial charge in [-0.15, -0.1) is 0 Å². The Bertz CT molecular complexity index is 927. The van der Waals surface area contributed by atoms with E-state index in [9.17, 15) is 14.9 Å². The van der Waals surface area contributed by atoms with E-state index in [1.807, 2.05) is 0 Å². The van der Waals surface area contributed by atoms with Crippen LogP contribution in [0.1, 0.15) is 6.42 Å². The molecule has 0 saturated carbocycles. The highest BCUT2D eigenvalue weighted by molar-refractivity contribution is 7.22. The molecule has 0 radical (unpaired) electrons. The lowest BCUT2D eigenvalue weighted by atomic mass is 10.3. The first kappa shape index (κ1) is 17.1. The number of benzene rings is 2. The second kappa shape index (κ2) is 7.45. The minimum Gasteiger partial charge on any atom is -0.493 e. The molecule has 3 rings (SSSR count). The van der Waals surface area contributed by atoms with Crippen molar-refractivity contribution in [3.05, 3.63) is 57.6 Å². The molecule has 0 bridgehead atoms. The highest BCUT2D eigenvalue weighted by atomic mass is 35.5. The van der Waals surface area contributed by atoms with Crippen LogP contribution in [-0.2, 0) is 4.79 Å². The monoisotopic (exact) mass is 377 g/mol. The van der Waals surface area contributed by atoms with E-state index in [-0.39, 0.29) is 24.6 Å². The number of hydrogen-bond donors (Lipinski definition) is 1. The molecule has 0 aliphatic carbocycles. The number of carbonyl (C=O) groups is 1. The van der Waals surface area contributed by atoms with Crippen LogP contribution in [0, 0.1) is 10.1 Å². The van der Waals surface area contributed by atoms with E-state index in [0.29, 0.717) is 15.9 Å². The molecule has 2 aromatic carbocycles. The van der Waals surface area contributed by atoms with E-state index < -0.39 is 4.92 Å². The molecule has 0 unspecified atom stereocenters. The molecule has 9 heteroatoms. The van der Waals surface area contributed by atoms with Crippen molar-refractivity contribution in [1.82, 2.24) is 4.98 Å². The average Bonchev–Trinajstić information content (AvgIpc) is 2.96. The summed E-state index contributed by atoms with van der Waals surface area (Å²) in [7, 11) is 0. The summed E-state index contributed by atoms with van der Waals surface area (Å²) in [5, 5.41) is 14.4. The van der Waals surface area contributed by atoms with Gasteiger partial charge in [-0.25, -0.2) is 4.98 Å². The molecule has 0 saturated heterocycles. The number of rotatable bonds is 6. The highest BCUT2D eigenvalue weighted by Crippen LogP contribution is 2.28. The number of fused-ring (bicyclic) bond motifs is 1. The number of carbonyl (C=O) groups excluding carboxylic acids is 1. The number of thiazole rings is 1. The molecule has 1 N–H and O–H groups in total. The largest absolute Gasteiger partial charge is 0.493 e. The molecule has 0 aliphatic rings. The van der Waals surface area contributed by atoms with Crippen LogP contribution in [0.3, 0.4) is 0 Å². The van der Waals surface area contributed by atoms with Gasteiger partial charge in [-0.1, -0.05) is 22.9 Å². The predicted molar refractivity (Wildman–Crippen MR) is 96.5 cm³/mol. The Hall–Kier alpha value is -2.71. The van der Waals surface area contributed by atoms with Crippen molar-refractivity contribution >= 4 is 49.9 Å². The lowest BCUT2D eigenvalue weighted by molar-refractivity contribution is -0.384. The first-order valence-electron chi connectivity index (χ1n) is 7.24. The minimum atomic E-state index is -0.484. The van der Waals surface area contributed by atoms with Crippen LogP contribution in [0.5, 0.6) is 5.75 Å². The number of ether oxygens (including phenoxy) is 1. The van der Waals surface area contributed by atoms with Crippen molar-refractivity contribution in [2.75, 3.05) is 11.9 Å². The van der Waals surface area contributed by atoms with Gasteiger partial charge >= 0.3 is 0 Å². The smallest absolute Gasteiger partial charge is 0.269 e. The molecule has 1 heterocycles. The first-order valence-corrected chi connectivity index (χ1v) is 8.44. The maximum Gasteiger partial charge on any atom is 0.269 e. The standard InChI is InChI=1S/C16H12ClN3O4S/c17-10-1-6-13-14(9-10)25-16(18-13)19-15(21)7-8-24-12-4-2-11(3-5-12)20(22)23/h1-6,9H,7-8H2,(H,18,19,21). The number of amides is 1. The number of nitrogens with one attached hydrogen (secondary N) is 1. The molecule has 0 atom stereocenters. The Balaban J connectivity index is 1.51. The highest BCUT2D eigenvalue weighted by Gasteiger charge is 2.09. The SMILES string of the molecule is O=C(CCOc1ccc([N+](=O)[O-])cc1)Nc1nc2ccc(Cl)cc2s1. The molecular weight excluding hydrogens is 366 g/mol. The third-order valence-corrected chi connectivity index (χ3v) is 4.41. The molecule has 3 aromatic rings. The minimum absolute atomic E-state index is 0.0129. The summed E-state index contributed by atoms with van der Waals surface area (Å²) < 4.78 is 6.30. The molecule has 0 spiro atoms. The fourth-order valence-corrected chi connectivity index (χ4v) is 3.22. The van der Waals surface area contributed by atoms with Crippen LogP contribution < -0.4 is 10.1 Å². The topological polar surface area (TPSA) is 94.4 Å². The van der Waals surface area contributed by atoms with E-state index in [1.54, 1.807) is 18.2 Å². The summed E-state index contributed by atoms with van der Waals surface area (Å²) in [6, 6.07) is 11.0. The normalized spacial score (nSPS) is 10.6. The first-order chi connectivity index (χ1) is 12.0. The van der Waals surface area contributed by atoms with Crippen molar-refractivity contribution in [1.29, 1.82) is 0 Å². The third-order valence-electron chi connectivity index (χ3n) is 3.24. The van der Waals surface area contributed by atoms with Gasteiger partial charge in [0.05, 0.1) is 28.2 Å². The summed E-state index contributed by atoms with van der Waals surface area (Å²) in [4.78, 5) is 26.3. The van der Waals surface area contributed by atoms with Crippen LogP contribution >= 0.6 is 22.9 Å². The van der Waals surface area contributed by atoms with E-state index in [0.717, 1.165) is 10.2 Å². The van der Waals surface area contributed by atoms with Gasteiger partial charge in [-0.2, -0.15) is 0 Å². The van der Waals surface area contributed by atoms with Gasteiger partial charge in [0, 0.05) is 17.2 Å². The lowest BCUT2D eigenvalue weighted by Crippen LogP contribution is -2.15. The van der Waals surface area contributed by atoms with E-state index in [1.165, 1.54) is 35.6 Å². The third kappa shape index (κ3) is 4.43. The average molecular weight is 378 g/mol. The van der Waals surface area contributed by atoms with Gasteiger partial charge < -0.3 is 10.1 Å². The van der Waals surface area contributed by atoms with E-state index >= 15 is 0 Å². The molecule has 1 aromatic heterocycles. The number of nitro groups is 1. The zero-order chi connectivity index (χ0) is 17.8. The van der Waals surface area contributed by atoms with Gasteiger partial charge in [0.25, 0.3) is 5.69 Å². The van der Waals surface area contributed by atoms with Gasteiger partial charge in [0.1, 0.15) is 5.75 Å². The Labute approximate surface area is 151 Å². The Morgan fingerprint density at radius 3 is 2.76 bits per heavy atom.